The fraction of sp³-hybridized carbons (Fsp3) is 0.190. The third kappa shape index (κ3) is 3.01. The minimum absolute atomic E-state index is 0.0493. The van der Waals surface area contributed by atoms with E-state index in [4.69, 9.17) is 4.74 Å². The van der Waals surface area contributed by atoms with E-state index in [0.29, 0.717) is 29.7 Å². The quantitative estimate of drug-likeness (QED) is 0.567. The van der Waals surface area contributed by atoms with Crippen molar-refractivity contribution in [2.75, 3.05) is 13.7 Å². The van der Waals surface area contributed by atoms with Crippen LogP contribution in [0.2, 0.25) is 0 Å². The number of hydrogen-bond acceptors (Lipinski definition) is 5. The van der Waals surface area contributed by atoms with Gasteiger partial charge in [-0.2, -0.15) is 11.3 Å². The lowest BCUT2D eigenvalue weighted by atomic mass is 10.1. The lowest BCUT2D eigenvalue weighted by Crippen LogP contribution is -2.40. The summed E-state index contributed by atoms with van der Waals surface area (Å²) in [5.41, 5.74) is 4.15. The van der Waals surface area contributed by atoms with Gasteiger partial charge >= 0.3 is 0 Å². The van der Waals surface area contributed by atoms with Gasteiger partial charge in [-0.25, -0.2) is 9.50 Å². The second-order valence-electron chi connectivity index (χ2n) is 6.92. The number of nitrogens with zero attached hydrogens (tertiary/aromatic N) is 3. The van der Waals surface area contributed by atoms with Crippen molar-refractivity contribution in [3.63, 3.8) is 0 Å². The van der Waals surface area contributed by atoms with Crippen molar-refractivity contribution < 1.29 is 9.53 Å². The van der Waals surface area contributed by atoms with Crippen LogP contribution in [-0.2, 0) is 13.0 Å². The summed E-state index contributed by atoms with van der Waals surface area (Å²) in [6, 6.07) is 11.3. The van der Waals surface area contributed by atoms with Gasteiger partial charge in [0.05, 0.1) is 36.2 Å². The molecule has 3 aromatic heterocycles. The van der Waals surface area contributed by atoms with Gasteiger partial charge in [0.1, 0.15) is 5.75 Å². The van der Waals surface area contributed by atoms with Gasteiger partial charge < -0.3 is 9.64 Å². The number of carbonyl (C=O) groups is 1. The average molecular weight is 406 g/mol. The lowest BCUT2D eigenvalue weighted by molar-refractivity contribution is 0.0733. The minimum atomic E-state index is -0.160. The molecule has 0 atom stereocenters. The molecule has 1 aliphatic heterocycles. The summed E-state index contributed by atoms with van der Waals surface area (Å²) in [5.74, 6) is 0.720. The molecule has 1 aliphatic rings. The molecule has 0 saturated carbocycles. The largest absolute Gasteiger partial charge is 0.497 e. The van der Waals surface area contributed by atoms with E-state index in [-0.39, 0.29) is 18.0 Å². The molecule has 1 N–H and O–H groups in total. The normalized spacial score (nSPS) is 13.5. The number of H-pyrrole nitrogens is 1. The van der Waals surface area contributed by atoms with Crippen LogP contribution < -0.4 is 10.3 Å². The Balaban J connectivity index is 1.52. The Labute approximate surface area is 170 Å². The Bertz CT molecular complexity index is 1260. The van der Waals surface area contributed by atoms with Gasteiger partial charge in [-0.05, 0) is 41.3 Å². The van der Waals surface area contributed by atoms with Gasteiger partial charge in [0.15, 0.2) is 5.65 Å². The first-order valence-corrected chi connectivity index (χ1v) is 10.2. The first kappa shape index (κ1) is 17.7. The summed E-state index contributed by atoms with van der Waals surface area (Å²) in [5, 5.41) is 6.85. The van der Waals surface area contributed by atoms with Crippen molar-refractivity contribution in [3.8, 4) is 17.0 Å². The number of nitrogens with one attached hydrogen (secondary N) is 1. The Morgan fingerprint density at radius 1 is 1.24 bits per heavy atom. The van der Waals surface area contributed by atoms with Crippen LogP contribution in [0.15, 0.2) is 52.0 Å². The van der Waals surface area contributed by atoms with E-state index in [1.165, 1.54) is 15.9 Å². The number of aromatic amines is 1. The molecule has 4 heterocycles. The van der Waals surface area contributed by atoms with Crippen LogP contribution in [0.4, 0.5) is 0 Å². The van der Waals surface area contributed by atoms with Crippen LogP contribution in [0.25, 0.3) is 16.9 Å². The van der Waals surface area contributed by atoms with Crippen molar-refractivity contribution in [3.05, 3.63) is 74.3 Å². The Morgan fingerprint density at radius 2 is 2.07 bits per heavy atom. The number of rotatable bonds is 3. The molecule has 1 amide bonds. The topological polar surface area (TPSA) is 79.7 Å². The summed E-state index contributed by atoms with van der Waals surface area (Å²) in [6.07, 6.45) is 0.569. The van der Waals surface area contributed by atoms with E-state index in [1.54, 1.807) is 12.0 Å². The minimum Gasteiger partial charge on any atom is -0.497 e. The van der Waals surface area contributed by atoms with Crippen LogP contribution in [0.1, 0.15) is 21.6 Å². The second-order valence-corrected chi connectivity index (χ2v) is 7.70. The molecule has 0 unspecified atom stereocenters. The van der Waals surface area contributed by atoms with Gasteiger partial charge in [0, 0.05) is 24.4 Å². The number of ether oxygens (including phenoxy) is 1. The molecule has 7 nitrogen and oxygen atoms in total. The number of aromatic nitrogens is 3. The molecule has 4 aromatic rings. The maximum atomic E-state index is 13.1. The fourth-order valence-electron chi connectivity index (χ4n) is 3.64. The lowest BCUT2D eigenvalue weighted by Gasteiger charge is -2.27. The highest BCUT2D eigenvalue weighted by Gasteiger charge is 2.26. The van der Waals surface area contributed by atoms with E-state index in [0.717, 1.165) is 22.7 Å². The molecule has 5 rings (SSSR count). The highest BCUT2D eigenvalue weighted by Crippen LogP contribution is 2.23. The molecule has 0 saturated heterocycles. The number of methoxy groups -OCH3 is 1. The number of thiophene rings is 1. The SMILES string of the molecule is COc1ccc(-c2cc3nc4c(c(=O)n3[nH]2)CN(C(=O)c2ccsc2)CC4)cc1. The van der Waals surface area contributed by atoms with E-state index >= 15 is 0 Å². The van der Waals surface area contributed by atoms with E-state index in [1.807, 2.05) is 47.2 Å². The zero-order valence-corrected chi connectivity index (χ0v) is 16.5. The molecule has 29 heavy (non-hydrogen) atoms. The van der Waals surface area contributed by atoms with Gasteiger partial charge in [-0.1, -0.05) is 0 Å². The maximum absolute atomic E-state index is 13.1. The van der Waals surface area contributed by atoms with Crippen LogP contribution in [0.5, 0.6) is 5.75 Å². The van der Waals surface area contributed by atoms with Gasteiger partial charge in [0.25, 0.3) is 11.5 Å². The molecule has 0 fully saturated rings. The van der Waals surface area contributed by atoms with Crippen molar-refractivity contribution in [2.24, 2.45) is 0 Å². The molecular formula is C21H18N4O3S. The average Bonchev–Trinajstić information content (AvgIpc) is 3.44. The van der Waals surface area contributed by atoms with Crippen molar-refractivity contribution in [1.29, 1.82) is 0 Å². The summed E-state index contributed by atoms with van der Waals surface area (Å²) >= 11 is 1.49. The third-order valence-corrected chi connectivity index (χ3v) is 5.90. The maximum Gasteiger partial charge on any atom is 0.277 e. The standard InChI is InChI=1S/C21H18N4O3S/c1-28-15-4-2-13(3-5-15)18-10-19-22-17-6-8-24(20(26)14-7-9-29-12-14)11-16(17)21(27)25(19)23-18/h2-5,7,9-10,12,23H,6,8,11H2,1H3. The summed E-state index contributed by atoms with van der Waals surface area (Å²) < 4.78 is 6.65. The number of amides is 1. The Hall–Kier alpha value is -3.39. The van der Waals surface area contributed by atoms with Gasteiger partial charge in [-0.15, -0.1) is 0 Å². The molecule has 146 valence electrons. The Morgan fingerprint density at radius 3 is 2.79 bits per heavy atom. The first-order chi connectivity index (χ1) is 14.1. The van der Waals surface area contributed by atoms with Crippen LogP contribution in [0.3, 0.4) is 0 Å². The van der Waals surface area contributed by atoms with Crippen LogP contribution in [0, 0.1) is 0 Å². The third-order valence-electron chi connectivity index (χ3n) is 5.22. The molecule has 0 spiro atoms. The Kier molecular flexibility index (Phi) is 4.21. The van der Waals surface area contributed by atoms with Crippen LogP contribution >= 0.6 is 11.3 Å². The molecule has 0 bridgehead atoms. The predicted octanol–water partition coefficient (Wildman–Crippen LogP) is 2.96. The van der Waals surface area contributed by atoms with Crippen molar-refractivity contribution in [2.45, 2.75) is 13.0 Å². The summed E-state index contributed by atoms with van der Waals surface area (Å²) in [6.45, 7) is 0.829. The molecule has 0 aliphatic carbocycles. The van der Waals surface area contributed by atoms with Crippen molar-refractivity contribution >= 4 is 22.9 Å². The van der Waals surface area contributed by atoms with Crippen molar-refractivity contribution in [1.82, 2.24) is 19.5 Å². The molecule has 0 radical (unpaired) electrons. The van der Waals surface area contributed by atoms with E-state index in [9.17, 15) is 9.59 Å². The smallest absolute Gasteiger partial charge is 0.277 e. The monoisotopic (exact) mass is 406 g/mol. The van der Waals surface area contributed by atoms with Crippen LogP contribution in [-0.4, -0.2) is 39.1 Å². The molecular weight excluding hydrogens is 388 g/mol. The van der Waals surface area contributed by atoms with Gasteiger partial charge in [0.2, 0.25) is 0 Å². The first-order valence-electron chi connectivity index (χ1n) is 9.23. The molecule has 1 aromatic carbocycles. The summed E-state index contributed by atoms with van der Waals surface area (Å²) in [7, 11) is 1.62. The zero-order chi connectivity index (χ0) is 20.0. The summed E-state index contributed by atoms with van der Waals surface area (Å²) in [4.78, 5) is 32.2. The number of fused-ring (bicyclic) bond motifs is 2. The predicted molar refractivity (Wildman–Crippen MR) is 111 cm³/mol. The van der Waals surface area contributed by atoms with E-state index in [2.05, 4.69) is 10.1 Å². The zero-order valence-electron chi connectivity index (χ0n) is 15.7. The highest BCUT2D eigenvalue weighted by molar-refractivity contribution is 7.08. The molecule has 8 heteroatoms. The number of carbonyl (C=O) groups excluding carboxylic acids is 1. The van der Waals surface area contributed by atoms with Gasteiger partial charge in [-0.3, -0.25) is 14.7 Å². The number of hydrogen-bond donors (Lipinski definition) is 1. The van der Waals surface area contributed by atoms with E-state index < -0.39 is 0 Å². The number of benzene rings is 1. The highest BCUT2D eigenvalue weighted by atomic mass is 32.1. The second kappa shape index (κ2) is 6.89. The fourth-order valence-corrected chi connectivity index (χ4v) is 4.27.